The molecule has 0 saturated carbocycles. The molecule has 8 nitrogen and oxygen atoms in total. The molecule has 0 spiro atoms. The Balaban J connectivity index is 2.22. The average Bonchev–Trinajstić information content (AvgIpc) is 3.05. The summed E-state index contributed by atoms with van der Waals surface area (Å²) in [5.41, 5.74) is 0.158. The molecule has 1 N–H and O–H groups in total. The second-order valence-corrected chi connectivity index (χ2v) is 4.44. The molecule has 22 heavy (non-hydrogen) atoms. The van der Waals surface area contributed by atoms with Crippen molar-refractivity contribution in [3.05, 3.63) is 42.4 Å². The highest BCUT2D eigenvalue weighted by Crippen LogP contribution is 2.07. The van der Waals surface area contributed by atoms with Crippen LogP contribution < -0.4 is 0 Å². The van der Waals surface area contributed by atoms with Crippen LogP contribution in [0.4, 0.5) is 0 Å². The maximum Gasteiger partial charge on any atom is 0.323 e. The lowest BCUT2D eigenvalue weighted by Crippen LogP contribution is -2.38. The first-order valence-electron chi connectivity index (χ1n) is 6.59. The number of pyridine rings is 1. The van der Waals surface area contributed by atoms with Crippen LogP contribution in [0.2, 0.25) is 0 Å². The lowest BCUT2D eigenvalue weighted by atomic mass is 10.3. The summed E-state index contributed by atoms with van der Waals surface area (Å²) in [7, 11) is 1.49. The van der Waals surface area contributed by atoms with Gasteiger partial charge in [0.15, 0.2) is 5.82 Å². The number of nitrogens with zero attached hydrogens (tertiary/aromatic N) is 4. The smallest absolute Gasteiger partial charge is 0.323 e. The van der Waals surface area contributed by atoms with Crippen molar-refractivity contribution in [2.75, 3.05) is 26.8 Å². The van der Waals surface area contributed by atoms with E-state index in [2.05, 4.69) is 10.1 Å². The molecule has 1 amide bonds. The van der Waals surface area contributed by atoms with Crippen molar-refractivity contribution in [2.24, 2.45) is 0 Å². The third-order valence-electron chi connectivity index (χ3n) is 2.87. The van der Waals surface area contributed by atoms with Gasteiger partial charge in [0.25, 0.3) is 5.91 Å². The van der Waals surface area contributed by atoms with Crippen molar-refractivity contribution >= 4 is 11.9 Å². The van der Waals surface area contributed by atoms with Crippen LogP contribution in [-0.4, -0.2) is 63.5 Å². The Labute approximate surface area is 126 Å². The number of carboxylic acid groups (broad SMARTS) is 1. The first-order valence-corrected chi connectivity index (χ1v) is 6.59. The van der Waals surface area contributed by atoms with E-state index in [0.29, 0.717) is 5.82 Å². The zero-order valence-electron chi connectivity index (χ0n) is 12.0. The van der Waals surface area contributed by atoms with Crippen molar-refractivity contribution in [3.8, 4) is 5.82 Å². The number of carboxylic acids is 1. The minimum Gasteiger partial charge on any atom is -0.480 e. The van der Waals surface area contributed by atoms with Crippen LogP contribution in [0.3, 0.4) is 0 Å². The summed E-state index contributed by atoms with van der Waals surface area (Å²) in [6.45, 7) is 0.0169. The summed E-state index contributed by atoms with van der Waals surface area (Å²) < 4.78 is 6.42. The summed E-state index contributed by atoms with van der Waals surface area (Å²) in [6.07, 6.45) is 3.31. The van der Waals surface area contributed by atoms with E-state index in [0.717, 1.165) is 0 Å². The van der Waals surface area contributed by atoms with Gasteiger partial charge in [-0.05, 0) is 18.2 Å². The van der Waals surface area contributed by atoms with E-state index in [1.807, 2.05) is 0 Å². The molecule has 0 radical (unpaired) electrons. The highest BCUT2D eigenvalue weighted by Gasteiger charge is 2.20. The highest BCUT2D eigenvalue weighted by atomic mass is 16.5. The Hall–Kier alpha value is -2.74. The van der Waals surface area contributed by atoms with Crippen LogP contribution in [-0.2, 0) is 9.53 Å². The third-order valence-corrected chi connectivity index (χ3v) is 2.87. The van der Waals surface area contributed by atoms with Crippen molar-refractivity contribution in [3.63, 3.8) is 0 Å². The SMILES string of the molecule is COCCN(CC(=O)O)C(=O)c1cccc(-n2cccn2)n1. The third kappa shape index (κ3) is 3.89. The second-order valence-electron chi connectivity index (χ2n) is 4.44. The Morgan fingerprint density at radius 2 is 2.18 bits per heavy atom. The molecule has 2 rings (SSSR count). The first-order chi connectivity index (χ1) is 10.6. The number of amides is 1. The Morgan fingerprint density at radius 3 is 2.82 bits per heavy atom. The van der Waals surface area contributed by atoms with E-state index in [4.69, 9.17) is 9.84 Å². The fraction of sp³-hybridized carbons (Fsp3) is 0.286. The van der Waals surface area contributed by atoms with E-state index >= 15 is 0 Å². The molecular formula is C14H16N4O4. The molecule has 0 unspecified atom stereocenters. The average molecular weight is 304 g/mol. The van der Waals surface area contributed by atoms with Crippen LogP contribution in [0, 0.1) is 0 Å². The molecule has 0 bridgehead atoms. The number of methoxy groups -OCH3 is 1. The Kier molecular flexibility index (Phi) is 5.21. The number of hydrogen-bond donors (Lipinski definition) is 1. The number of rotatable bonds is 7. The number of carbonyl (C=O) groups is 2. The zero-order valence-corrected chi connectivity index (χ0v) is 12.0. The molecular weight excluding hydrogens is 288 g/mol. The van der Waals surface area contributed by atoms with Gasteiger partial charge in [0.05, 0.1) is 6.61 Å². The van der Waals surface area contributed by atoms with Gasteiger partial charge in [-0.2, -0.15) is 5.10 Å². The summed E-state index contributed by atoms with van der Waals surface area (Å²) in [5.74, 6) is -1.07. The van der Waals surface area contributed by atoms with Gasteiger partial charge in [0, 0.05) is 26.0 Å². The minimum absolute atomic E-state index is 0.158. The van der Waals surface area contributed by atoms with Crippen LogP contribution in [0.25, 0.3) is 5.82 Å². The maximum absolute atomic E-state index is 12.4. The fourth-order valence-electron chi connectivity index (χ4n) is 1.85. The van der Waals surface area contributed by atoms with Crippen molar-refractivity contribution < 1.29 is 19.4 Å². The van der Waals surface area contributed by atoms with Gasteiger partial charge in [-0.1, -0.05) is 6.07 Å². The van der Waals surface area contributed by atoms with Crippen LogP contribution in [0.5, 0.6) is 0 Å². The van der Waals surface area contributed by atoms with E-state index in [9.17, 15) is 9.59 Å². The number of carbonyl (C=O) groups excluding carboxylic acids is 1. The van der Waals surface area contributed by atoms with Crippen LogP contribution in [0.15, 0.2) is 36.7 Å². The first kappa shape index (κ1) is 15.6. The lowest BCUT2D eigenvalue weighted by Gasteiger charge is -2.20. The van der Waals surface area contributed by atoms with Gasteiger partial charge in [0.2, 0.25) is 0 Å². The topological polar surface area (TPSA) is 97.6 Å². The Morgan fingerprint density at radius 1 is 1.36 bits per heavy atom. The zero-order chi connectivity index (χ0) is 15.9. The van der Waals surface area contributed by atoms with Crippen LogP contribution >= 0.6 is 0 Å². The molecule has 0 aliphatic rings. The van der Waals surface area contributed by atoms with Gasteiger partial charge < -0.3 is 14.7 Å². The van der Waals surface area contributed by atoms with E-state index < -0.39 is 18.4 Å². The van der Waals surface area contributed by atoms with Gasteiger partial charge in [-0.25, -0.2) is 9.67 Å². The van der Waals surface area contributed by atoms with Crippen molar-refractivity contribution in [1.29, 1.82) is 0 Å². The van der Waals surface area contributed by atoms with Crippen LogP contribution in [0.1, 0.15) is 10.5 Å². The quantitative estimate of drug-likeness (QED) is 0.797. The number of aliphatic carboxylic acids is 1. The van der Waals surface area contributed by atoms with Gasteiger partial charge in [-0.3, -0.25) is 9.59 Å². The van der Waals surface area contributed by atoms with Crippen molar-refractivity contribution in [2.45, 2.75) is 0 Å². The second kappa shape index (κ2) is 7.32. The molecule has 2 aromatic heterocycles. The fourth-order valence-corrected chi connectivity index (χ4v) is 1.85. The van der Waals surface area contributed by atoms with E-state index in [-0.39, 0.29) is 18.8 Å². The molecule has 0 aliphatic heterocycles. The summed E-state index contributed by atoms with van der Waals surface area (Å²) >= 11 is 0. The monoisotopic (exact) mass is 304 g/mol. The van der Waals surface area contributed by atoms with E-state index in [1.165, 1.54) is 22.8 Å². The molecule has 2 heterocycles. The van der Waals surface area contributed by atoms with Gasteiger partial charge >= 0.3 is 5.97 Å². The predicted octanol–water partition coefficient (Wildman–Crippen LogP) is 0.440. The molecule has 0 aromatic carbocycles. The normalized spacial score (nSPS) is 10.4. The molecule has 2 aromatic rings. The maximum atomic E-state index is 12.4. The lowest BCUT2D eigenvalue weighted by molar-refractivity contribution is -0.137. The Bertz CT molecular complexity index is 642. The number of aromatic nitrogens is 3. The summed E-state index contributed by atoms with van der Waals surface area (Å²) in [5, 5.41) is 13.0. The summed E-state index contributed by atoms with van der Waals surface area (Å²) in [4.78, 5) is 28.7. The van der Waals surface area contributed by atoms with Gasteiger partial charge in [-0.15, -0.1) is 0 Å². The van der Waals surface area contributed by atoms with Crippen molar-refractivity contribution in [1.82, 2.24) is 19.7 Å². The molecule has 8 heteroatoms. The molecule has 0 saturated heterocycles. The minimum atomic E-state index is -1.09. The van der Waals surface area contributed by atoms with Gasteiger partial charge in [0.1, 0.15) is 12.2 Å². The molecule has 0 aliphatic carbocycles. The number of hydrogen-bond acceptors (Lipinski definition) is 5. The molecule has 0 atom stereocenters. The molecule has 116 valence electrons. The van der Waals surface area contributed by atoms with E-state index in [1.54, 1.807) is 30.6 Å². The molecule has 0 fully saturated rings. The number of ether oxygens (including phenoxy) is 1. The standard InChI is InChI=1S/C14H16N4O4/c1-22-9-8-17(10-13(19)20)14(21)11-4-2-5-12(16-11)18-7-3-6-15-18/h2-7H,8-10H2,1H3,(H,19,20). The summed E-state index contributed by atoms with van der Waals surface area (Å²) in [6, 6.07) is 6.66. The highest BCUT2D eigenvalue weighted by molar-refractivity contribution is 5.94. The predicted molar refractivity (Wildman–Crippen MR) is 76.8 cm³/mol. The largest absolute Gasteiger partial charge is 0.480 e.